The van der Waals surface area contributed by atoms with E-state index in [-0.39, 0.29) is 32.0 Å². The normalized spacial score (nSPS) is 13.9. The Hall–Kier alpha value is -4.37. The third-order valence-corrected chi connectivity index (χ3v) is 17.5. The van der Waals surface area contributed by atoms with Crippen LogP contribution in [-0.4, -0.2) is 74.9 Å². The molecule has 0 aliphatic heterocycles. The van der Waals surface area contributed by atoms with Crippen LogP contribution in [0.3, 0.4) is 0 Å². The topological polar surface area (TPSA) is 108 Å². The van der Waals surface area contributed by atoms with Crippen molar-refractivity contribution in [2.24, 2.45) is 0 Å². The summed E-state index contributed by atoms with van der Waals surface area (Å²) in [5, 5.41) is 0. The molecule has 0 aromatic rings. The van der Waals surface area contributed by atoms with Gasteiger partial charge in [0.2, 0.25) is 0 Å². The second-order valence-electron chi connectivity index (χ2n) is 27.0. The second-order valence-corrected chi connectivity index (χ2v) is 28.4. The van der Waals surface area contributed by atoms with Crippen molar-refractivity contribution in [3.05, 3.63) is 158 Å². The largest absolute Gasteiger partial charge is 0.472 e. The van der Waals surface area contributed by atoms with Gasteiger partial charge >= 0.3 is 19.8 Å². The van der Waals surface area contributed by atoms with Gasteiger partial charge in [-0.05, 0) is 122 Å². The molecular weight excluding hydrogens is 1210 g/mol. The fourth-order valence-electron chi connectivity index (χ4n) is 10.6. The third kappa shape index (κ3) is 78.6. The number of unbranched alkanes of at least 4 members (excludes halogenated alkanes) is 31. The van der Waals surface area contributed by atoms with Crippen molar-refractivity contribution < 1.29 is 42.1 Å². The Labute approximate surface area is 592 Å². The lowest BCUT2D eigenvalue weighted by Crippen LogP contribution is -2.37. The molecule has 0 bridgehead atoms. The number of phosphoric ester groups is 1. The van der Waals surface area contributed by atoms with E-state index in [1.54, 1.807) is 0 Å². The van der Waals surface area contributed by atoms with Gasteiger partial charge in [-0.15, -0.1) is 0 Å². The molecule has 2 unspecified atom stereocenters. The molecule has 9 nitrogen and oxygen atoms in total. The lowest BCUT2D eigenvalue weighted by Gasteiger charge is -2.24. The second kappa shape index (κ2) is 74.8. The molecule has 96 heavy (non-hydrogen) atoms. The maximum Gasteiger partial charge on any atom is 0.472 e. The van der Waals surface area contributed by atoms with Crippen LogP contribution in [0.2, 0.25) is 0 Å². The minimum absolute atomic E-state index is 0.0266. The molecule has 0 radical (unpaired) electrons. The molecule has 0 fully saturated rings. The average Bonchev–Trinajstić information content (AvgIpc) is 2.74. The van der Waals surface area contributed by atoms with Crippen molar-refractivity contribution in [2.45, 2.75) is 328 Å². The summed E-state index contributed by atoms with van der Waals surface area (Å²) in [4.78, 5) is 36.0. The summed E-state index contributed by atoms with van der Waals surface area (Å²) in [5.74, 6) is -0.795. The molecule has 10 heteroatoms. The smallest absolute Gasteiger partial charge is 0.462 e. The maximum absolute atomic E-state index is 12.9. The van der Waals surface area contributed by atoms with Gasteiger partial charge in [0.25, 0.3) is 0 Å². The average molecular weight is 1350 g/mol. The summed E-state index contributed by atoms with van der Waals surface area (Å²) in [6.45, 7) is 4.22. The van der Waals surface area contributed by atoms with Gasteiger partial charge in [-0.1, -0.05) is 345 Å². The number of phosphoric acid groups is 1. The Kier molecular flexibility index (Phi) is 71.4. The number of nitrogens with zero attached hydrogens (tertiary/aromatic N) is 1. The minimum Gasteiger partial charge on any atom is -0.462 e. The monoisotopic (exact) mass is 1350 g/mol. The lowest BCUT2D eigenvalue weighted by molar-refractivity contribution is -0.870. The minimum atomic E-state index is -4.40. The molecular formula is C86H147NO8P+. The van der Waals surface area contributed by atoms with Crippen LogP contribution >= 0.6 is 7.82 Å². The molecule has 548 valence electrons. The Morgan fingerprint density at radius 2 is 0.562 bits per heavy atom. The zero-order valence-electron chi connectivity index (χ0n) is 62.6. The van der Waals surface area contributed by atoms with E-state index in [1.807, 2.05) is 21.1 Å². The molecule has 0 saturated carbocycles. The van der Waals surface area contributed by atoms with Crippen LogP contribution in [-0.2, 0) is 32.7 Å². The Bertz CT molecular complexity index is 2180. The summed E-state index contributed by atoms with van der Waals surface area (Å²) in [6.07, 6.45) is 112. The highest BCUT2D eigenvalue weighted by atomic mass is 31.2. The summed E-state index contributed by atoms with van der Waals surface area (Å²) in [7, 11) is 1.47. The van der Waals surface area contributed by atoms with Crippen molar-refractivity contribution >= 4 is 19.8 Å². The molecule has 1 N–H and O–H groups in total. The molecule has 2 atom stereocenters. The first-order chi connectivity index (χ1) is 47.0. The van der Waals surface area contributed by atoms with Gasteiger partial charge < -0.3 is 18.9 Å². The van der Waals surface area contributed by atoms with E-state index in [0.717, 1.165) is 122 Å². The molecule has 0 aromatic carbocycles. The van der Waals surface area contributed by atoms with E-state index in [1.165, 1.54) is 167 Å². The molecule has 0 rings (SSSR count). The van der Waals surface area contributed by atoms with Gasteiger partial charge in [-0.3, -0.25) is 18.6 Å². The number of quaternary nitrogens is 1. The van der Waals surface area contributed by atoms with Gasteiger partial charge in [-0.2, -0.15) is 0 Å². The quantitative estimate of drug-likeness (QED) is 0.0211. The standard InChI is InChI=1S/C86H146NO8P/c1-6-8-10-12-14-16-18-20-22-24-26-28-30-32-34-36-38-40-42-43-45-46-48-50-52-54-56-58-60-62-64-66-68-70-72-74-76-78-85(88)92-82-84(83-94-96(90,91)93-81-80-87(3,4)5)95-86(89)79-77-75-73-71-69-67-65-63-61-59-57-55-53-51-49-47-44-41-39-37-35-33-31-29-27-25-23-21-19-17-15-13-11-9-7-2/h8-11,14-17,20-23,26-29,32-35,38-41,47,49,84H,6-7,12-13,18-19,24-25,30-31,36-37,42-46,48,50-83H2,1-5H3/p+1/b10-8-,11-9-,16-14-,17-15-,22-20-,23-21-,28-26-,29-27-,34-32-,35-33-,40-38-,41-39-,49-47-. The van der Waals surface area contributed by atoms with E-state index in [4.69, 9.17) is 18.5 Å². The van der Waals surface area contributed by atoms with Gasteiger partial charge in [0.15, 0.2) is 6.10 Å². The number of rotatable bonds is 71. The van der Waals surface area contributed by atoms with Crippen LogP contribution in [0.1, 0.15) is 322 Å². The van der Waals surface area contributed by atoms with Crippen LogP contribution in [0.5, 0.6) is 0 Å². The Balaban J connectivity index is 4.01. The molecule has 0 aromatic heterocycles. The highest BCUT2D eigenvalue weighted by Gasteiger charge is 2.27. The highest BCUT2D eigenvalue weighted by Crippen LogP contribution is 2.43. The number of hydrogen-bond acceptors (Lipinski definition) is 7. The zero-order chi connectivity index (χ0) is 69.7. The number of carbonyl (C=O) groups is 2. The number of likely N-dealkylation sites (N-methyl/N-ethyl adjacent to an activating group) is 1. The van der Waals surface area contributed by atoms with Gasteiger partial charge in [-0.25, -0.2) is 4.57 Å². The first-order valence-electron chi connectivity index (χ1n) is 39.2. The fourth-order valence-corrected chi connectivity index (χ4v) is 11.4. The van der Waals surface area contributed by atoms with Gasteiger partial charge in [0.1, 0.15) is 19.8 Å². The number of carbonyl (C=O) groups excluding carboxylic acids is 2. The van der Waals surface area contributed by atoms with Crippen molar-refractivity contribution in [2.75, 3.05) is 47.5 Å². The Morgan fingerprint density at radius 3 is 0.833 bits per heavy atom. The van der Waals surface area contributed by atoms with Crippen molar-refractivity contribution in [3.8, 4) is 0 Å². The van der Waals surface area contributed by atoms with Crippen molar-refractivity contribution in [1.82, 2.24) is 0 Å². The number of esters is 2. The summed E-state index contributed by atoms with van der Waals surface area (Å²) in [6, 6.07) is 0. The predicted molar refractivity (Wildman–Crippen MR) is 417 cm³/mol. The number of ether oxygens (including phenoxy) is 2. The van der Waals surface area contributed by atoms with Crippen LogP contribution < -0.4 is 0 Å². The number of hydrogen-bond donors (Lipinski definition) is 1. The first-order valence-corrected chi connectivity index (χ1v) is 40.7. The van der Waals surface area contributed by atoms with Crippen LogP contribution in [0.4, 0.5) is 0 Å². The van der Waals surface area contributed by atoms with E-state index in [2.05, 4.69) is 172 Å². The summed E-state index contributed by atoms with van der Waals surface area (Å²) >= 11 is 0. The maximum atomic E-state index is 12.9. The molecule has 0 saturated heterocycles. The van der Waals surface area contributed by atoms with Gasteiger partial charge in [0.05, 0.1) is 27.7 Å². The van der Waals surface area contributed by atoms with Crippen molar-refractivity contribution in [1.29, 1.82) is 0 Å². The Morgan fingerprint density at radius 1 is 0.323 bits per heavy atom. The van der Waals surface area contributed by atoms with E-state index in [0.29, 0.717) is 17.4 Å². The third-order valence-electron chi connectivity index (χ3n) is 16.6. The molecule has 0 amide bonds. The molecule has 0 aliphatic rings. The predicted octanol–water partition coefficient (Wildman–Crippen LogP) is 26.3. The fraction of sp³-hybridized carbons (Fsp3) is 0.674. The van der Waals surface area contributed by atoms with Crippen LogP contribution in [0.15, 0.2) is 158 Å². The van der Waals surface area contributed by atoms with Crippen LogP contribution in [0.25, 0.3) is 0 Å². The SMILES string of the molecule is CC/C=C\C/C=C\C/C=C\C/C=C\C/C=C\C/C=C\C/C=C\CCCCCCCCCCCCCCCC(=O)OC(COC(=O)CCCCCCCCCCCCCCCCCCCC/C=C\C/C=C\C/C=C\C/C=C\C/C=C\C/C=C\CC)COP(=O)(O)OCC[N+](C)(C)C. The first kappa shape index (κ1) is 91.6. The summed E-state index contributed by atoms with van der Waals surface area (Å²) < 4.78 is 34.8. The lowest BCUT2D eigenvalue weighted by atomic mass is 10.0. The van der Waals surface area contributed by atoms with E-state index >= 15 is 0 Å². The van der Waals surface area contributed by atoms with Crippen LogP contribution in [0, 0.1) is 0 Å². The number of allylic oxidation sites excluding steroid dienone is 26. The van der Waals surface area contributed by atoms with E-state index < -0.39 is 26.5 Å². The van der Waals surface area contributed by atoms with Gasteiger partial charge in [0, 0.05) is 12.8 Å². The molecule has 0 aliphatic carbocycles. The summed E-state index contributed by atoms with van der Waals surface area (Å²) in [5.41, 5.74) is 0. The molecule has 0 heterocycles. The molecule has 0 spiro atoms. The zero-order valence-corrected chi connectivity index (χ0v) is 63.5. The van der Waals surface area contributed by atoms with Crippen molar-refractivity contribution in [3.63, 3.8) is 0 Å². The van der Waals surface area contributed by atoms with E-state index in [9.17, 15) is 19.0 Å². The highest BCUT2D eigenvalue weighted by molar-refractivity contribution is 7.47.